The Morgan fingerprint density at radius 2 is 0.630 bits per heavy atom. The van der Waals surface area contributed by atoms with Gasteiger partial charge in [-0.25, -0.2) is 0 Å². The summed E-state index contributed by atoms with van der Waals surface area (Å²) in [6.07, 6.45) is 7.15. The number of carbonyl (C=O) groups excluding carboxylic acids is 4. The van der Waals surface area contributed by atoms with Gasteiger partial charge in [-0.15, -0.1) is 0 Å². The summed E-state index contributed by atoms with van der Waals surface area (Å²) in [5, 5.41) is 41.4. The predicted molar refractivity (Wildman–Crippen MR) is 148 cm³/mol. The van der Waals surface area contributed by atoms with Gasteiger partial charge in [0.25, 0.3) is 0 Å². The number of hydrogen-bond donors (Lipinski definition) is 2. The molecule has 20 heteroatoms. The summed E-state index contributed by atoms with van der Waals surface area (Å²) in [7, 11) is 0. The zero-order valence-corrected chi connectivity index (χ0v) is 25.1. The number of benzene rings is 2. The number of nitrogen functional groups attached to an aromatic ring is 2. The van der Waals surface area contributed by atoms with Gasteiger partial charge in [0.2, 0.25) is 0 Å². The van der Waals surface area contributed by atoms with Crippen LogP contribution >= 0.6 is 0 Å². The fraction of sp³-hybridized carbons (Fsp3) is 0. The number of anilines is 2. The second kappa shape index (κ2) is 27.5. The van der Waals surface area contributed by atoms with Gasteiger partial charge in [0.15, 0.2) is 0 Å². The van der Waals surface area contributed by atoms with Gasteiger partial charge in [-0.05, 0) is 94.0 Å². The molecule has 18 nitrogen and oxygen atoms in total. The Morgan fingerprint density at radius 3 is 0.804 bits per heavy atom. The Labute approximate surface area is 281 Å². The molecule has 0 saturated carbocycles. The standard InChI is InChI=1S/C10H8N2.2C8H7NO4.2Co.6H2O/c1-5-11-6-2-9(1)10-3-7-12-8-4-10;2*9-6-2-4(7(10)11)1-5(3-6)8(12)13;;;;;;;;/h1-8H;2*1-3H,9H2,(H,10,11)(H,12,13);;;6*1H2/q;;;2*+2;;;;;;/p-4. The quantitative estimate of drug-likeness (QED) is 0.180. The van der Waals surface area contributed by atoms with Crippen LogP contribution < -0.4 is 31.9 Å². The van der Waals surface area contributed by atoms with E-state index in [4.69, 9.17) is 11.5 Å². The van der Waals surface area contributed by atoms with Crippen LogP contribution in [0.25, 0.3) is 11.1 Å². The van der Waals surface area contributed by atoms with Gasteiger partial charge in [0.05, 0.1) is 23.9 Å². The maximum atomic E-state index is 10.3. The first-order chi connectivity index (χ1) is 18.0. The van der Waals surface area contributed by atoms with Gasteiger partial charge in [-0.3, -0.25) is 9.97 Å². The molecule has 0 bridgehead atoms. The molecule has 0 aliphatic heterocycles. The molecular weight excluding hydrogens is 710 g/mol. The summed E-state index contributed by atoms with van der Waals surface area (Å²) in [6, 6.07) is 14.2. The fourth-order valence-corrected chi connectivity index (χ4v) is 2.86. The largest absolute Gasteiger partial charge is 2.00 e. The second-order valence-electron chi connectivity index (χ2n) is 7.31. The number of nitrogens with zero attached hydrogens (tertiary/aromatic N) is 2. The number of aromatic nitrogens is 2. The molecular formula is C26H30Co2N4O14. The minimum atomic E-state index is -1.48. The van der Waals surface area contributed by atoms with Crippen LogP contribution in [0, 0.1) is 0 Å². The summed E-state index contributed by atoms with van der Waals surface area (Å²) < 4.78 is 0. The number of nitrogens with two attached hydrogens (primary N) is 2. The van der Waals surface area contributed by atoms with Crippen molar-refractivity contribution in [3.63, 3.8) is 0 Å². The number of carboxylic acids is 4. The van der Waals surface area contributed by atoms with E-state index in [1.807, 2.05) is 24.3 Å². The maximum Gasteiger partial charge on any atom is 2.00 e. The predicted octanol–water partition coefficient (Wildman–Crippen LogP) is -6.82. The van der Waals surface area contributed by atoms with Gasteiger partial charge >= 0.3 is 33.6 Å². The maximum absolute atomic E-state index is 10.3. The Bertz CT molecular complexity index is 1290. The average Bonchev–Trinajstić information content (AvgIpc) is 2.89. The second-order valence-corrected chi connectivity index (χ2v) is 7.31. The third kappa shape index (κ3) is 18.6. The van der Waals surface area contributed by atoms with Crippen molar-refractivity contribution in [2.75, 3.05) is 11.5 Å². The van der Waals surface area contributed by atoms with E-state index in [2.05, 4.69) is 9.97 Å². The van der Waals surface area contributed by atoms with Gasteiger partial charge in [-0.1, -0.05) is 0 Å². The van der Waals surface area contributed by atoms with Crippen LogP contribution in [-0.2, 0) is 33.6 Å². The zero-order valence-electron chi connectivity index (χ0n) is 23.1. The van der Waals surface area contributed by atoms with Gasteiger partial charge in [0, 0.05) is 36.2 Å². The molecule has 0 amide bonds. The van der Waals surface area contributed by atoms with Crippen LogP contribution in [0.15, 0.2) is 85.5 Å². The van der Waals surface area contributed by atoms with E-state index in [9.17, 15) is 39.6 Å². The van der Waals surface area contributed by atoms with Gasteiger partial charge in [0.1, 0.15) is 0 Å². The Kier molecular flexibility index (Phi) is 34.0. The summed E-state index contributed by atoms with van der Waals surface area (Å²) in [4.78, 5) is 49.3. The smallest absolute Gasteiger partial charge is 0.545 e. The van der Waals surface area contributed by atoms with E-state index in [-0.39, 0.29) is 100 Å². The molecule has 0 unspecified atom stereocenters. The van der Waals surface area contributed by atoms with Crippen LogP contribution in [0.1, 0.15) is 41.4 Å². The van der Waals surface area contributed by atoms with Crippen molar-refractivity contribution in [2.45, 2.75) is 0 Å². The van der Waals surface area contributed by atoms with Crippen molar-refractivity contribution in [2.24, 2.45) is 0 Å². The van der Waals surface area contributed by atoms with Crippen LogP contribution in [0.4, 0.5) is 11.4 Å². The first kappa shape index (κ1) is 56.7. The molecule has 0 aliphatic rings. The SMILES string of the molecule is Nc1cc(C(=O)[O-])cc(C(=O)[O-])c1.Nc1cc(C(=O)[O-])cc(C(=O)[O-])c1.O.O.O.O.O.O.[Co+2].[Co+2].c1cc(-c2ccncc2)ccn1. The molecule has 256 valence electrons. The molecule has 2 heterocycles. The van der Waals surface area contributed by atoms with Crippen LogP contribution in [-0.4, -0.2) is 66.7 Å². The zero-order chi connectivity index (χ0) is 28.2. The first-order valence-electron chi connectivity index (χ1n) is 10.4. The molecule has 4 aromatic rings. The van der Waals surface area contributed by atoms with Crippen molar-refractivity contribution in [3.8, 4) is 11.1 Å². The van der Waals surface area contributed by atoms with Crippen LogP contribution in [0.2, 0.25) is 0 Å². The normalized spacial score (nSPS) is 7.91. The number of aromatic carboxylic acids is 4. The number of hydrogen-bond acceptors (Lipinski definition) is 12. The summed E-state index contributed by atoms with van der Waals surface area (Å²) >= 11 is 0. The topological polar surface area (TPSA) is 427 Å². The van der Waals surface area contributed by atoms with E-state index in [1.165, 1.54) is 11.1 Å². The molecule has 0 spiro atoms. The third-order valence-electron chi connectivity index (χ3n) is 4.55. The summed E-state index contributed by atoms with van der Waals surface area (Å²) in [5.41, 5.74) is 11.8. The van der Waals surface area contributed by atoms with Gasteiger partial charge < -0.3 is 83.9 Å². The molecule has 46 heavy (non-hydrogen) atoms. The molecule has 0 saturated heterocycles. The number of carbonyl (C=O) groups is 4. The summed E-state index contributed by atoms with van der Waals surface area (Å²) in [5.74, 6) is -5.91. The first-order valence-corrected chi connectivity index (χ1v) is 10.4. The van der Waals surface area contributed by atoms with Crippen molar-refractivity contribution >= 4 is 35.3 Å². The van der Waals surface area contributed by atoms with Crippen LogP contribution in [0.3, 0.4) is 0 Å². The van der Waals surface area contributed by atoms with Crippen molar-refractivity contribution in [1.82, 2.24) is 9.97 Å². The number of pyridine rings is 2. The van der Waals surface area contributed by atoms with Gasteiger partial charge in [-0.2, -0.15) is 0 Å². The molecule has 4 rings (SSSR count). The van der Waals surface area contributed by atoms with E-state index in [0.29, 0.717) is 0 Å². The monoisotopic (exact) mass is 740 g/mol. The fourth-order valence-electron chi connectivity index (χ4n) is 2.86. The minimum absolute atomic E-state index is 0. The van der Waals surface area contributed by atoms with E-state index in [0.717, 1.165) is 36.4 Å². The van der Waals surface area contributed by atoms with Crippen LogP contribution in [0.5, 0.6) is 0 Å². The molecule has 16 N–H and O–H groups in total. The Balaban J connectivity index is -0.0000000913. The Hall–Kier alpha value is -5.01. The van der Waals surface area contributed by atoms with E-state index >= 15 is 0 Å². The van der Waals surface area contributed by atoms with Crippen molar-refractivity contribution in [3.05, 3.63) is 108 Å². The van der Waals surface area contributed by atoms with Crippen molar-refractivity contribution < 1.29 is 106 Å². The average molecular weight is 740 g/mol. The summed E-state index contributed by atoms with van der Waals surface area (Å²) in [6.45, 7) is 0. The molecule has 0 fully saturated rings. The molecule has 2 aromatic heterocycles. The third-order valence-corrected chi connectivity index (χ3v) is 4.55. The molecule has 0 aliphatic carbocycles. The molecule has 2 aromatic carbocycles. The minimum Gasteiger partial charge on any atom is -0.545 e. The Morgan fingerprint density at radius 1 is 0.435 bits per heavy atom. The van der Waals surface area contributed by atoms with E-state index in [1.54, 1.807) is 24.8 Å². The molecule has 2 radical (unpaired) electrons. The molecule has 0 atom stereocenters. The number of carboxylic acid groups (broad SMARTS) is 4. The van der Waals surface area contributed by atoms with E-state index < -0.39 is 23.9 Å². The van der Waals surface area contributed by atoms with Crippen molar-refractivity contribution in [1.29, 1.82) is 0 Å². The number of rotatable bonds is 5.